The van der Waals surface area contributed by atoms with Crippen LogP contribution in [0.25, 0.3) is 0 Å². The first-order valence-corrected chi connectivity index (χ1v) is 7.24. The molecule has 1 unspecified atom stereocenters. The fraction of sp³-hybridized carbons (Fsp3) is 0.500. The van der Waals surface area contributed by atoms with E-state index in [9.17, 15) is 14.7 Å². The van der Waals surface area contributed by atoms with Gasteiger partial charge in [0.05, 0.1) is 11.5 Å². The molecule has 1 aliphatic heterocycles. The van der Waals surface area contributed by atoms with Crippen molar-refractivity contribution in [3.05, 3.63) is 29.8 Å². The Morgan fingerprint density at radius 1 is 1.38 bits per heavy atom. The van der Waals surface area contributed by atoms with E-state index in [4.69, 9.17) is 0 Å². The molecule has 0 spiro atoms. The molecule has 114 valence electrons. The quantitative estimate of drug-likeness (QED) is 0.885. The number of aliphatic carboxylic acids is 1. The lowest BCUT2D eigenvalue weighted by atomic mass is 9.90. The van der Waals surface area contributed by atoms with Gasteiger partial charge < -0.3 is 15.3 Å². The maximum Gasteiger partial charge on any atom is 0.308 e. The number of fused-ring (bicyclic) bond motifs is 1. The summed E-state index contributed by atoms with van der Waals surface area (Å²) in [5.74, 6) is -1.51. The molecule has 0 bridgehead atoms. The van der Waals surface area contributed by atoms with Crippen LogP contribution < -0.4 is 10.2 Å². The normalized spacial score (nSPS) is 18.2. The standard InChI is InChI=1S/C16H22N2O3/c1-4-17-16(2,3)15(21)18-10-12(14(19)20)9-11-7-5-6-8-13(11)18/h5-8,12,17H,4,9-10H2,1-3H3,(H,19,20). The highest BCUT2D eigenvalue weighted by molar-refractivity contribution is 6.01. The number of benzene rings is 1. The van der Waals surface area contributed by atoms with Crippen LogP contribution in [0.1, 0.15) is 26.3 Å². The molecule has 1 aliphatic rings. The lowest BCUT2D eigenvalue weighted by Crippen LogP contribution is -2.56. The van der Waals surface area contributed by atoms with E-state index in [1.54, 1.807) is 4.90 Å². The summed E-state index contributed by atoms with van der Waals surface area (Å²) in [6.45, 7) is 6.49. The molecule has 1 heterocycles. The number of carbonyl (C=O) groups is 2. The van der Waals surface area contributed by atoms with Crippen molar-refractivity contribution < 1.29 is 14.7 Å². The van der Waals surface area contributed by atoms with Crippen LogP contribution in [0.4, 0.5) is 5.69 Å². The highest BCUT2D eigenvalue weighted by Crippen LogP contribution is 2.31. The van der Waals surface area contributed by atoms with E-state index in [1.807, 2.05) is 45.0 Å². The van der Waals surface area contributed by atoms with E-state index in [1.165, 1.54) is 0 Å². The Bertz CT molecular complexity index is 554. The van der Waals surface area contributed by atoms with Gasteiger partial charge in [0.2, 0.25) is 5.91 Å². The first-order chi connectivity index (χ1) is 9.86. The molecule has 2 N–H and O–H groups in total. The fourth-order valence-corrected chi connectivity index (χ4v) is 2.81. The van der Waals surface area contributed by atoms with Gasteiger partial charge in [-0.25, -0.2) is 0 Å². The minimum Gasteiger partial charge on any atom is -0.481 e. The van der Waals surface area contributed by atoms with E-state index in [2.05, 4.69) is 5.32 Å². The van der Waals surface area contributed by atoms with Gasteiger partial charge in [-0.1, -0.05) is 25.1 Å². The Morgan fingerprint density at radius 3 is 2.67 bits per heavy atom. The summed E-state index contributed by atoms with van der Waals surface area (Å²) in [5.41, 5.74) is 1.02. The molecule has 1 aromatic rings. The Labute approximate surface area is 125 Å². The minimum atomic E-state index is -0.858. The Hall–Kier alpha value is -1.88. The minimum absolute atomic E-state index is 0.0947. The predicted octanol–water partition coefficient (Wildman–Crippen LogP) is 1.66. The van der Waals surface area contributed by atoms with E-state index >= 15 is 0 Å². The molecule has 21 heavy (non-hydrogen) atoms. The van der Waals surface area contributed by atoms with Gasteiger partial charge in [0.25, 0.3) is 0 Å². The summed E-state index contributed by atoms with van der Waals surface area (Å²) in [4.78, 5) is 25.8. The average Bonchev–Trinajstić information content (AvgIpc) is 2.45. The van der Waals surface area contributed by atoms with Crippen molar-refractivity contribution in [2.24, 2.45) is 5.92 Å². The SMILES string of the molecule is CCNC(C)(C)C(=O)N1CC(C(=O)O)Cc2ccccc21. The van der Waals surface area contributed by atoms with E-state index < -0.39 is 17.4 Å². The van der Waals surface area contributed by atoms with Gasteiger partial charge in [-0.15, -0.1) is 0 Å². The molecule has 0 fully saturated rings. The van der Waals surface area contributed by atoms with Gasteiger partial charge in [0, 0.05) is 12.2 Å². The largest absolute Gasteiger partial charge is 0.481 e. The van der Waals surface area contributed by atoms with Crippen molar-refractivity contribution in [3.8, 4) is 0 Å². The van der Waals surface area contributed by atoms with Gasteiger partial charge >= 0.3 is 5.97 Å². The number of hydrogen-bond acceptors (Lipinski definition) is 3. The van der Waals surface area contributed by atoms with E-state index in [0.29, 0.717) is 13.0 Å². The molecule has 1 amide bonds. The number of para-hydroxylation sites is 1. The van der Waals surface area contributed by atoms with Crippen LogP contribution >= 0.6 is 0 Å². The number of rotatable bonds is 4. The molecule has 0 saturated heterocycles. The molecule has 2 rings (SSSR count). The Morgan fingerprint density at radius 2 is 2.05 bits per heavy atom. The number of carbonyl (C=O) groups excluding carboxylic acids is 1. The third kappa shape index (κ3) is 3.08. The van der Waals surface area contributed by atoms with E-state index in [-0.39, 0.29) is 12.5 Å². The predicted molar refractivity (Wildman–Crippen MR) is 81.4 cm³/mol. The monoisotopic (exact) mass is 290 g/mol. The molecular formula is C16H22N2O3. The van der Waals surface area contributed by atoms with Gasteiger partial charge in [-0.05, 0) is 38.4 Å². The van der Waals surface area contributed by atoms with Crippen molar-refractivity contribution >= 4 is 17.6 Å². The Balaban J connectivity index is 2.37. The van der Waals surface area contributed by atoms with Crippen LogP contribution in [0.5, 0.6) is 0 Å². The topological polar surface area (TPSA) is 69.6 Å². The molecule has 0 aromatic heterocycles. The summed E-state index contributed by atoms with van der Waals surface area (Å²) in [7, 11) is 0. The second-order valence-electron chi connectivity index (χ2n) is 5.94. The van der Waals surface area contributed by atoms with Crippen molar-refractivity contribution in [2.45, 2.75) is 32.7 Å². The van der Waals surface area contributed by atoms with Gasteiger partial charge in [-0.3, -0.25) is 9.59 Å². The second kappa shape index (κ2) is 5.85. The van der Waals surface area contributed by atoms with Crippen LogP contribution in [-0.2, 0) is 16.0 Å². The lowest BCUT2D eigenvalue weighted by Gasteiger charge is -2.38. The number of hydrogen-bond donors (Lipinski definition) is 2. The number of amides is 1. The number of anilines is 1. The maximum absolute atomic E-state index is 12.8. The molecular weight excluding hydrogens is 268 g/mol. The summed E-state index contributed by atoms with van der Waals surface area (Å²) in [5, 5.41) is 12.5. The second-order valence-corrected chi connectivity index (χ2v) is 5.94. The zero-order valence-corrected chi connectivity index (χ0v) is 12.7. The van der Waals surface area contributed by atoms with Crippen LogP contribution in [-0.4, -0.2) is 35.6 Å². The Kier molecular flexibility index (Phi) is 4.32. The van der Waals surface area contributed by atoms with Gasteiger partial charge in [0.1, 0.15) is 0 Å². The summed E-state index contributed by atoms with van der Waals surface area (Å²) in [6, 6.07) is 7.53. The first kappa shape index (κ1) is 15.5. The highest BCUT2D eigenvalue weighted by Gasteiger charge is 2.38. The van der Waals surface area contributed by atoms with Crippen molar-refractivity contribution in [1.29, 1.82) is 0 Å². The third-order valence-electron chi connectivity index (χ3n) is 3.90. The molecule has 1 aromatic carbocycles. The number of nitrogens with one attached hydrogen (secondary N) is 1. The van der Waals surface area contributed by atoms with E-state index in [0.717, 1.165) is 11.3 Å². The number of carboxylic acid groups (broad SMARTS) is 1. The third-order valence-corrected chi connectivity index (χ3v) is 3.90. The molecule has 1 atom stereocenters. The zero-order chi connectivity index (χ0) is 15.6. The van der Waals surface area contributed by atoms with Crippen molar-refractivity contribution in [1.82, 2.24) is 5.32 Å². The first-order valence-electron chi connectivity index (χ1n) is 7.24. The number of carboxylic acids is 1. The van der Waals surface area contributed by atoms with Crippen molar-refractivity contribution in [3.63, 3.8) is 0 Å². The molecule has 5 nitrogen and oxygen atoms in total. The van der Waals surface area contributed by atoms with Gasteiger partial charge in [-0.2, -0.15) is 0 Å². The molecule has 0 radical (unpaired) electrons. The van der Waals surface area contributed by atoms with Crippen LogP contribution in [0, 0.1) is 5.92 Å². The van der Waals surface area contributed by atoms with Crippen LogP contribution in [0.3, 0.4) is 0 Å². The van der Waals surface area contributed by atoms with Gasteiger partial charge in [0.15, 0.2) is 0 Å². The smallest absolute Gasteiger partial charge is 0.308 e. The molecule has 0 saturated carbocycles. The molecule has 0 aliphatic carbocycles. The lowest BCUT2D eigenvalue weighted by molar-refractivity contribution is -0.141. The van der Waals surface area contributed by atoms with Crippen LogP contribution in [0.15, 0.2) is 24.3 Å². The zero-order valence-electron chi connectivity index (χ0n) is 12.7. The highest BCUT2D eigenvalue weighted by atomic mass is 16.4. The average molecular weight is 290 g/mol. The summed E-state index contributed by atoms with van der Waals surface area (Å²) < 4.78 is 0. The molecule has 5 heteroatoms. The summed E-state index contributed by atoms with van der Waals surface area (Å²) >= 11 is 0. The number of likely N-dealkylation sites (N-methyl/N-ethyl adjacent to an activating group) is 1. The van der Waals surface area contributed by atoms with Crippen LogP contribution in [0.2, 0.25) is 0 Å². The number of nitrogens with zero attached hydrogens (tertiary/aromatic N) is 1. The fourth-order valence-electron chi connectivity index (χ4n) is 2.81. The maximum atomic E-state index is 12.8. The summed E-state index contributed by atoms with van der Waals surface area (Å²) in [6.07, 6.45) is 0.469. The van der Waals surface area contributed by atoms with Crippen molar-refractivity contribution in [2.75, 3.05) is 18.0 Å².